The maximum absolute atomic E-state index is 9.36. The van der Waals surface area contributed by atoms with E-state index in [-0.39, 0.29) is 6.54 Å². The Kier molecular flexibility index (Phi) is 3.53. The minimum Gasteiger partial charge on any atom is -0.387 e. The normalized spacial score (nSPS) is 13.0. The van der Waals surface area contributed by atoms with Crippen molar-refractivity contribution < 1.29 is 5.11 Å². The molecule has 0 aromatic heterocycles. The first-order valence-electron chi connectivity index (χ1n) is 3.48. The molecule has 66 valence electrons. The van der Waals surface area contributed by atoms with Crippen molar-refractivity contribution in [3.8, 4) is 0 Å². The van der Waals surface area contributed by atoms with E-state index in [0.717, 1.165) is 10.0 Å². The van der Waals surface area contributed by atoms with Crippen LogP contribution in [0, 0.1) is 0 Å². The Labute approximate surface area is 84.5 Å². The zero-order chi connectivity index (χ0) is 9.14. The molecule has 12 heavy (non-hydrogen) atoms. The lowest BCUT2D eigenvalue weighted by Crippen LogP contribution is -2.11. The van der Waals surface area contributed by atoms with E-state index in [9.17, 15) is 5.11 Å². The van der Waals surface area contributed by atoms with Gasteiger partial charge in [0.15, 0.2) is 0 Å². The molecule has 0 amide bonds. The molecule has 2 nitrogen and oxygen atoms in total. The van der Waals surface area contributed by atoms with Crippen molar-refractivity contribution in [2.75, 3.05) is 6.54 Å². The third-order valence-electron chi connectivity index (χ3n) is 1.55. The van der Waals surface area contributed by atoms with Crippen LogP contribution in [0.1, 0.15) is 11.7 Å². The van der Waals surface area contributed by atoms with E-state index in [1.54, 1.807) is 18.2 Å². The van der Waals surface area contributed by atoms with E-state index in [0.29, 0.717) is 5.02 Å². The van der Waals surface area contributed by atoms with Gasteiger partial charge in [-0.15, -0.1) is 0 Å². The first kappa shape index (κ1) is 9.99. The van der Waals surface area contributed by atoms with Crippen molar-refractivity contribution in [3.63, 3.8) is 0 Å². The Hall–Kier alpha value is -0.0900. The predicted molar refractivity (Wildman–Crippen MR) is 53.2 cm³/mol. The lowest BCUT2D eigenvalue weighted by atomic mass is 10.1. The molecule has 3 N–H and O–H groups in total. The molecule has 0 aliphatic heterocycles. The molecule has 0 spiro atoms. The minimum atomic E-state index is -0.612. The molecule has 0 radical (unpaired) electrons. The molecule has 0 aliphatic carbocycles. The largest absolute Gasteiger partial charge is 0.387 e. The highest BCUT2D eigenvalue weighted by Crippen LogP contribution is 2.25. The summed E-state index contributed by atoms with van der Waals surface area (Å²) >= 11 is 9.03. The van der Waals surface area contributed by atoms with Gasteiger partial charge in [-0.1, -0.05) is 17.7 Å². The first-order valence-corrected chi connectivity index (χ1v) is 4.65. The summed E-state index contributed by atoms with van der Waals surface area (Å²) in [5.74, 6) is 0. The highest BCUT2D eigenvalue weighted by atomic mass is 79.9. The number of aliphatic hydroxyl groups is 1. The summed E-state index contributed by atoms with van der Waals surface area (Å²) in [7, 11) is 0. The minimum absolute atomic E-state index is 0.216. The molecule has 0 saturated carbocycles. The highest BCUT2D eigenvalue weighted by molar-refractivity contribution is 9.10. The number of nitrogens with two attached hydrogens (primary N) is 1. The van der Waals surface area contributed by atoms with Gasteiger partial charge >= 0.3 is 0 Å². The van der Waals surface area contributed by atoms with Crippen LogP contribution in [0.2, 0.25) is 5.02 Å². The van der Waals surface area contributed by atoms with E-state index in [2.05, 4.69) is 15.9 Å². The summed E-state index contributed by atoms with van der Waals surface area (Å²) in [5, 5.41) is 9.98. The molecule has 1 aromatic carbocycles. The van der Waals surface area contributed by atoms with Crippen LogP contribution in [0.15, 0.2) is 22.7 Å². The Morgan fingerprint density at radius 3 is 2.75 bits per heavy atom. The first-order chi connectivity index (χ1) is 5.65. The van der Waals surface area contributed by atoms with Crippen LogP contribution >= 0.6 is 27.5 Å². The SMILES string of the molecule is NC[C@H](O)c1ccc(Cl)c(Br)c1. The number of hydrogen-bond donors (Lipinski definition) is 2. The quantitative estimate of drug-likeness (QED) is 0.844. The van der Waals surface area contributed by atoms with Crippen LogP contribution in [0.3, 0.4) is 0 Å². The van der Waals surface area contributed by atoms with Crippen LogP contribution in [0.5, 0.6) is 0 Å². The Morgan fingerprint density at radius 2 is 2.25 bits per heavy atom. The van der Waals surface area contributed by atoms with Gasteiger partial charge in [0.05, 0.1) is 11.1 Å². The molecule has 0 heterocycles. The molecule has 1 atom stereocenters. The summed E-state index contributed by atoms with van der Waals surface area (Å²) < 4.78 is 0.772. The van der Waals surface area contributed by atoms with Crippen LogP contribution in [-0.4, -0.2) is 11.7 Å². The average molecular weight is 251 g/mol. The fraction of sp³-hybridized carbons (Fsp3) is 0.250. The van der Waals surface area contributed by atoms with E-state index < -0.39 is 6.10 Å². The van der Waals surface area contributed by atoms with Crippen molar-refractivity contribution >= 4 is 27.5 Å². The van der Waals surface area contributed by atoms with Crippen molar-refractivity contribution in [2.45, 2.75) is 6.10 Å². The fourth-order valence-electron chi connectivity index (χ4n) is 0.856. The number of rotatable bonds is 2. The molecule has 0 fully saturated rings. The molecule has 0 unspecified atom stereocenters. The topological polar surface area (TPSA) is 46.2 Å². The summed E-state index contributed by atoms with van der Waals surface area (Å²) in [5.41, 5.74) is 6.07. The molecule has 4 heteroatoms. The number of benzene rings is 1. The van der Waals surface area contributed by atoms with Gasteiger partial charge in [-0.25, -0.2) is 0 Å². The van der Waals surface area contributed by atoms with Gasteiger partial charge in [0.2, 0.25) is 0 Å². The van der Waals surface area contributed by atoms with Crippen molar-refractivity contribution in [1.82, 2.24) is 0 Å². The van der Waals surface area contributed by atoms with Gasteiger partial charge < -0.3 is 10.8 Å². The van der Waals surface area contributed by atoms with Gasteiger partial charge in [0.25, 0.3) is 0 Å². The van der Waals surface area contributed by atoms with Gasteiger partial charge in [-0.2, -0.15) is 0 Å². The predicted octanol–water partition coefficient (Wildman–Crippen LogP) is 2.09. The molecule has 1 rings (SSSR count). The maximum Gasteiger partial charge on any atom is 0.0912 e. The highest BCUT2D eigenvalue weighted by Gasteiger charge is 2.06. The van der Waals surface area contributed by atoms with Crippen LogP contribution in [0.4, 0.5) is 0 Å². The van der Waals surface area contributed by atoms with E-state index in [1.165, 1.54) is 0 Å². The summed E-state index contributed by atoms with van der Waals surface area (Å²) in [4.78, 5) is 0. The smallest absolute Gasteiger partial charge is 0.0912 e. The standard InChI is InChI=1S/C8H9BrClNO/c9-6-3-5(8(12)4-11)1-2-7(6)10/h1-3,8,12H,4,11H2/t8-/m0/s1. The molecular formula is C8H9BrClNO. The van der Waals surface area contributed by atoms with E-state index in [1.807, 2.05) is 0 Å². The monoisotopic (exact) mass is 249 g/mol. The van der Waals surface area contributed by atoms with Gasteiger partial charge in [-0.3, -0.25) is 0 Å². The van der Waals surface area contributed by atoms with Gasteiger partial charge in [0, 0.05) is 11.0 Å². The second-order valence-corrected chi connectivity index (χ2v) is 3.69. The Balaban J connectivity index is 2.96. The van der Waals surface area contributed by atoms with Gasteiger partial charge in [-0.05, 0) is 33.6 Å². The Bertz CT molecular complexity index is 280. The van der Waals surface area contributed by atoms with Crippen molar-refractivity contribution in [2.24, 2.45) is 5.73 Å². The molecule has 0 saturated heterocycles. The molecular weight excluding hydrogens is 241 g/mol. The summed E-state index contributed by atoms with van der Waals surface area (Å²) in [6.07, 6.45) is -0.612. The molecule has 0 bridgehead atoms. The maximum atomic E-state index is 9.36. The van der Waals surface area contributed by atoms with Crippen LogP contribution < -0.4 is 5.73 Å². The second-order valence-electron chi connectivity index (χ2n) is 2.43. The molecule has 1 aromatic rings. The molecule has 0 aliphatic rings. The van der Waals surface area contributed by atoms with Crippen molar-refractivity contribution in [3.05, 3.63) is 33.3 Å². The lowest BCUT2D eigenvalue weighted by molar-refractivity contribution is 0.186. The zero-order valence-corrected chi connectivity index (χ0v) is 8.64. The van der Waals surface area contributed by atoms with Gasteiger partial charge in [0.1, 0.15) is 0 Å². The lowest BCUT2D eigenvalue weighted by Gasteiger charge is -2.08. The summed E-state index contributed by atoms with van der Waals surface area (Å²) in [6.45, 7) is 0.216. The fourth-order valence-corrected chi connectivity index (χ4v) is 1.37. The average Bonchev–Trinajstić information content (AvgIpc) is 2.08. The number of halogens is 2. The Morgan fingerprint density at radius 1 is 1.58 bits per heavy atom. The number of hydrogen-bond acceptors (Lipinski definition) is 2. The zero-order valence-electron chi connectivity index (χ0n) is 6.30. The van der Waals surface area contributed by atoms with E-state index >= 15 is 0 Å². The third-order valence-corrected chi connectivity index (χ3v) is 2.77. The third kappa shape index (κ3) is 2.20. The van der Waals surface area contributed by atoms with Crippen LogP contribution in [-0.2, 0) is 0 Å². The number of aliphatic hydroxyl groups excluding tert-OH is 1. The van der Waals surface area contributed by atoms with Crippen molar-refractivity contribution in [1.29, 1.82) is 0 Å². The van der Waals surface area contributed by atoms with E-state index in [4.69, 9.17) is 17.3 Å². The van der Waals surface area contributed by atoms with Crippen LogP contribution in [0.25, 0.3) is 0 Å². The summed E-state index contributed by atoms with van der Waals surface area (Å²) in [6, 6.07) is 5.24. The second kappa shape index (κ2) is 4.23.